The Morgan fingerprint density at radius 2 is 1.54 bits per heavy atom. The van der Waals surface area contributed by atoms with Crippen LogP contribution in [0, 0.1) is 22.7 Å². The van der Waals surface area contributed by atoms with E-state index in [2.05, 4.69) is 6.92 Å². The molecule has 0 atom stereocenters. The van der Waals surface area contributed by atoms with Crippen molar-refractivity contribution in [2.24, 2.45) is 0 Å². The summed E-state index contributed by atoms with van der Waals surface area (Å²) in [6.45, 7) is 4.08. The van der Waals surface area contributed by atoms with Crippen molar-refractivity contribution in [2.75, 3.05) is 0 Å². The van der Waals surface area contributed by atoms with Gasteiger partial charge >= 0.3 is 0 Å². The zero-order valence-electron chi connectivity index (χ0n) is 8.33. The molecule has 0 spiro atoms. The Hall–Kier alpha value is -1.54. The average Bonchev–Trinajstić information content (AvgIpc) is 2.17. The highest BCUT2D eigenvalue weighted by atomic mass is 14.2. The summed E-state index contributed by atoms with van der Waals surface area (Å²) >= 11 is 0. The number of hydrogen-bond donors (Lipinski definition) is 0. The van der Waals surface area contributed by atoms with E-state index in [4.69, 9.17) is 10.5 Å². The summed E-state index contributed by atoms with van der Waals surface area (Å²) in [5, 5.41) is 15.8. The van der Waals surface area contributed by atoms with Gasteiger partial charge in [0.25, 0.3) is 0 Å². The van der Waals surface area contributed by atoms with Gasteiger partial charge in [-0.2, -0.15) is 10.5 Å². The number of unbranched alkanes of at least 4 members (excludes halogenated alkanes) is 1. The Morgan fingerprint density at radius 3 is 1.85 bits per heavy atom. The zero-order valence-corrected chi connectivity index (χ0v) is 8.33. The molecule has 0 heterocycles. The highest BCUT2D eigenvalue weighted by Crippen LogP contribution is 1.85. The molecule has 0 aliphatic heterocycles. The summed E-state index contributed by atoms with van der Waals surface area (Å²) in [7, 11) is 0. The van der Waals surface area contributed by atoms with Crippen LogP contribution in [0.15, 0.2) is 24.3 Å². The normalized spacial score (nSPS) is 8.92. The molecule has 0 saturated heterocycles. The third kappa shape index (κ3) is 25.1. The minimum atomic E-state index is 0.952. The molecule has 0 saturated carbocycles. The highest BCUT2D eigenvalue weighted by Gasteiger charge is 1.67. The van der Waals surface area contributed by atoms with Crippen LogP contribution in [0.3, 0.4) is 0 Å². The van der Waals surface area contributed by atoms with E-state index in [-0.39, 0.29) is 0 Å². The maximum Gasteiger partial charge on any atom is 0.0908 e. The molecule has 0 aliphatic carbocycles. The van der Waals surface area contributed by atoms with Crippen molar-refractivity contribution < 1.29 is 0 Å². The second-order valence-corrected chi connectivity index (χ2v) is 2.26. The van der Waals surface area contributed by atoms with Crippen molar-refractivity contribution >= 4 is 0 Å². The van der Waals surface area contributed by atoms with E-state index in [0.717, 1.165) is 19.3 Å². The number of rotatable bonds is 3. The van der Waals surface area contributed by atoms with Gasteiger partial charge in [0.15, 0.2) is 0 Å². The summed E-state index contributed by atoms with van der Waals surface area (Å²) in [5.41, 5.74) is 0. The first-order valence-electron chi connectivity index (χ1n) is 4.42. The molecule has 2 heteroatoms. The van der Waals surface area contributed by atoms with Crippen LogP contribution >= 0.6 is 0 Å². The lowest BCUT2D eigenvalue weighted by Crippen LogP contribution is -1.57. The topological polar surface area (TPSA) is 47.6 Å². The van der Waals surface area contributed by atoms with Crippen LogP contribution in [-0.4, -0.2) is 0 Å². The van der Waals surface area contributed by atoms with E-state index in [1.165, 1.54) is 12.2 Å². The Bertz CT molecular complexity index is 213. The monoisotopic (exact) mass is 176 g/mol. The molecule has 0 fully saturated rings. The van der Waals surface area contributed by atoms with Crippen LogP contribution in [-0.2, 0) is 0 Å². The van der Waals surface area contributed by atoms with Gasteiger partial charge in [-0.05, 0) is 12.8 Å². The van der Waals surface area contributed by atoms with E-state index in [1.807, 2.05) is 31.2 Å². The van der Waals surface area contributed by atoms with Gasteiger partial charge in [0, 0.05) is 12.2 Å². The standard InChI is InChI=1S/C6H9N.C5H7N/c1-2-3-4-5-6-7;1-2-3-4-5-6/h4-5H,2-3H2,1H3;3-4H,2H2,1H3/b5-4+;4-3+. The quantitative estimate of drug-likeness (QED) is 0.619. The highest BCUT2D eigenvalue weighted by molar-refractivity contribution is 5.01. The van der Waals surface area contributed by atoms with Crippen molar-refractivity contribution in [1.82, 2.24) is 0 Å². The predicted molar refractivity (Wildman–Crippen MR) is 54.7 cm³/mol. The lowest BCUT2D eigenvalue weighted by molar-refractivity contribution is 0.959. The van der Waals surface area contributed by atoms with E-state index in [0.29, 0.717) is 0 Å². The van der Waals surface area contributed by atoms with Crippen molar-refractivity contribution in [2.45, 2.75) is 33.1 Å². The molecule has 2 nitrogen and oxygen atoms in total. The third-order valence-corrected chi connectivity index (χ3v) is 1.08. The maximum absolute atomic E-state index is 7.96. The van der Waals surface area contributed by atoms with Gasteiger partial charge in [-0.15, -0.1) is 0 Å². The fourth-order valence-electron chi connectivity index (χ4n) is 0.473. The maximum atomic E-state index is 7.96. The van der Waals surface area contributed by atoms with Gasteiger partial charge in [-0.25, -0.2) is 0 Å². The van der Waals surface area contributed by atoms with E-state index in [9.17, 15) is 0 Å². The van der Waals surface area contributed by atoms with Gasteiger partial charge in [-0.1, -0.05) is 32.4 Å². The molecule has 0 unspecified atom stereocenters. The summed E-state index contributed by atoms with van der Waals surface area (Å²) in [6, 6.07) is 3.81. The average molecular weight is 176 g/mol. The molecule has 0 bridgehead atoms. The van der Waals surface area contributed by atoms with Gasteiger partial charge in [0.1, 0.15) is 0 Å². The second-order valence-electron chi connectivity index (χ2n) is 2.26. The first kappa shape index (κ1) is 14.0. The van der Waals surface area contributed by atoms with Crippen molar-refractivity contribution in [1.29, 1.82) is 10.5 Å². The summed E-state index contributed by atoms with van der Waals surface area (Å²) in [5.74, 6) is 0. The molecule has 13 heavy (non-hydrogen) atoms. The molecular weight excluding hydrogens is 160 g/mol. The van der Waals surface area contributed by atoms with Crippen molar-refractivity contribution in [3.05, 3.63) is 24.3 Å². The number of hydrogen-bond acceptors (Lipinski definition) is 2. The second kappa shape index (κ2) is 16.8. The molecular formula is C11H16N2. The number of nitriles is 2. The predicted octanol–water partition coefficient (Wildman–Crippen LogP) is 3.34. The molecule has 0 aliphatic rings. The van der Waals surface area contributed by atoms with E-state index >= 15 is 0 Å². The molecule has 0 N–H and O–H groups in total. The molecule has 0 rings (SSSR count). The largest absolute Gasteiger partial charge is 0.193 e. The van der Waals surface area contributed by atoms with Gasteiger partial charge < -0.3 is 0 Å². The Kier molecular flexibility index (Phi) is 18.1. The molecule has 0 radical (unpaired) electrons. The van der Waals surface area contributed by atoms with Gasteiger partial charge in [0.05, 0.1) is 12.1 Å². The van der Waals surface area contributed by atoms with Crippen LogP contribution in [0.1, 0.15) is 33.1 Å². The van der Waals surface area contributed by atoms with Gasteiger partial charge in [-0.3, -0.25) is 0 Å². The fraction of sp³-hybridized carbons (Fsp3) is 0.455. The third-order valence-electron chi connectivity index (χ3n) is 1.08. The first-order chi connectivity index (χ1) is 6.33. The minimum absolute atomic E-state index is 0.952. The van der Waals surface area contributed by atoms with Crippen LogP contribution in [0.2, 0.25) is 0 Å². The lowest BCUT2D eigenvalue weighted by atomic mass is 10.3. The smallest absolute Gasteiger partial charge is 0.0908 e. The number of allylic oxidation sites excluding steroid dienone is 4. The number of nitrogens with zero attached hydrogens (tertiary/aromatic N) is 2. The summed E-state index contributed by atoms with van der Waals surface area (Å²) in [6.07, 6.45) is 9.79. The minimum Gasteiger partial charge on any atom is -0.193 e. The molecule has 0 amide bonds. The summed E-state index contributed by atoms with van der Waals surface area (Å²) in [4.78, 5) is 0. The van der Waals surface area contributed by atoms with E-state index < -0.39 is 0 Å². The van der Waals surface area contributed by atoms with E-state index in [1.54, 1.807) is 0 Å². The van der Waals surface area contributed by atoms with Crippen molar-refractivity contribution in [3.8, 4) is 12.1 Å². The zero-order chi connectivity index (χ0) is 10.4. The Balaban J connectivity index is 0. The van der Waals surface area contributed by atoms with Crippen molar-refractivity contribution in [3.63, 3.8) is 0 Å². The molecule has 70 valence electrons. The fourth-order valence-corrected chi connectivity index (χ4v) is 0.473. The van der Waals surface area contributed by atoms with Gasteiger partial charge in [0.2, 0.25) is 0 Å². The lowest BCUT2D eigenvalue weighted by Gasteiger charge is -1.75. The Morgan fingerprint density at radius 1 is 1.00 bits per heavy atom. The Labute approximate surface area is 80.8 Å². The van der Waals surface area contributed by atoms with Crippen LogP contribution in [0.25, 0.3) is 0 Å². The summed E-state index contributed by atoms with van der Waals surface area (Å²) < 4.78 is 0. The first-order valence-corrected chi connectivity index (χ1v) is 4.42. The van der Waals surface area contributed by atoms with Crippen LogP contribution in [0.4, 0.5) is 0 Å². The molecule has 0 aromatic rings. The molecule has 0 aromatic carbocycles. The van der Waals surface area contributed by atoms with Crippen LogP contribution < -0.4 is 0 Å². The molecule has 0 aromatic heterocycles. The SMILES string of the molecule is CC/C=C/C#N.CCC/C=C/C#N. The van der Waals surface area contributed by atoms with Crippen LogP contribution in [0.5, 0.6) is 0 Å².